The fourth-order valence-corrected chi connectivity index (χ4v) is 5.46. The van der Waals surface area contributed by atoms with E-state index in [2.05, 4.69) is 4.98 Å². The van der Waals surface area contributed by atoms with Crippen molar-refractivity contribution in [2.75, 3.05) is 18.8 Å². The number of carbonyl (C=O) groups excluding carboxylic acids is 2. The topological polar surface area (TPSA) is 89.4 Å². The van der Waals surface area contributed by atoms with Crippen LogP contribution in [0.4, 0.5) is 14.6 Å². The van der Waals surface area contributed by atoms with Gasteiger partial charge in [-0.15, -0.1) is 0 Å². The summed E-state index contributed by atoms with van der Waals surface area (Å²) in [6.45, 7) is 2.02. The highest BCUT2D eigenvalue weighted by Crippen LogP contribution is 2.37. The molecule has 3 aromatic carbocycles. The number of fused-ring (bicyclic) bond motifs is 1. The lowest BCUT2D eigenvalue weighted by Gasteiger charge is -2.17. The number of pyridine rings is 1. The molecule has 8 heteroatoms. The number of benzene rings is 3. The lowest BCUT2D eigenvalue weighted by atomic mass is 9.96. The Labute approximate surface area is 253 Å². The van der Waals surface area contributed by atoms with Crippen LogP contribution in [0.15, 0.2) is 95.6 Å². The standard InChI is InChI=1S/C36H31F2N3O3/c1-36(38)16-17-41(22-36)35(43)26-6-4-24(5-7-26)27-18-28-19-31(14-13-30(42)12-2-23-3-15-33(39)40-21-23)44-34(28)32(20-27)25-8-10-29(37)11-9-25/h2-12,15,18-21H,13-14,16-17,22H2,1H3,(H2,39,40)/b12-2+. The van der Waals surface area contributed by atoms with Gasteiger partial charge < -0.3 is 15.1 Å². The highest BCUT2D eigenvalue weighted by atomic mass is 19.1. The molecular formula is C36H31F2N3O3. The minimum Gasteiger partial charge on any atom is -0.460 e. The molecule has 1 saturated heterocycles. The first kappa shape index (κ1) is 29.0. The Kier molecular flexibility index (Phi) is 7.82. The van der Waals surface area contributed by atoms with Gasteiger partial charge in [-0.2, -0.15) is 0 Å². The number of aromatic nitrogens is 1. The number of nitrogens with two attached hydrogens (primary N) is 1. The number of alkyl halides is 1. The van der Waals surface area contributed by atoms with Crippen LogP contribution in [-0.4, -0.2) is 40.3 Å². The summed E-state index contributed by atoms with van der Waals surface area (Å²) in [4.78, 5) is 31.1. The minimum atomic E-state index is -1.36. The molecule has 0 saturated carbocycles. The van der Waals surface area contributed by atoms with Gasteiger partial charge in [-0.25, -0.2) is 13.8 Å². The number of anilines is 1. The number of amides is 1. The number of allylic oxidation sites excluding steroid dienone is 1. The number of hydrogen-bond acceptors (Lipinski definition) is 5. The third kappa shape index (κ3) is 6.44. The van der Waals surface area contributed by atoms with Gasteiger partial charge >= 0.3 is 0 Å². The highest BCUT2D eigenvalue weighted by Gasteiger charge is 2.36. The summed E-state index contributed by atoms with van der Waals surface area (Å²) in [5.74, 6) is 0.491. The largest absolute Gasteiger partial charge is 0.460 e. The molecule has 2 N–H and O–H groups in total. The Balaban J connectivity index is 1.26. The van der Waals surface area contributed by atoms with Crippen molar-refractivity contribution >= 4 is 34.6 Å². The van der Waals surface area contributed by atoms with Crippen LogP contribution in [0, 0.1) is 5.82 Å². The van der Waals surface area contributed by atoms with Gasteiger partial charge in [0, 0.05) is 48.5 Å². The summed E-state index contributed by atoms with van der Waals surface area (Å²) in [5, 5.41) is 0.840. The summed E-state index contributed by atoms with van der Waals surface area (Å²) < 4.78 is 34.3. The van der Waals surface area contributed by atoms with Crippen LogP contribution in [0.1, 0.15) is 41.4 Å². The van der Waals surface area contributed by atoms with Crippen LogP contribution >= 0.6 is 0 Å². The van der Waals surface area contributed by atoms with Gasteiger partial charge in [0.1, 0.15) is 28.6 Å². The monoisotopic (exact) mass is 591 g/mol. The quantitative estimate of drug-likeness (QED) is 0.187. The Morgan fingerprint density at radius 1 is 1.00 bits per heavy atom. The Morgan fingerprint density at radius 2 is 1.75 bits per heavy atom. The number of furan rings is 1. The number of nitrogen functional groups attached to an aromatic ring is 1. The Hall–Kier alpha value is -5.11. The molecule has 2 aromatic heterocycles. The van der Waals surface area contributed by atoms with Gasteiger partial charge in [0.05, 0.1) is 6.54 Å². The molecule has 1 fully saturated rings. The highest BCUT2D eigenvalue weighted by molar-refractivity contribution is 5.98. The Bertz CT molecular complexity index is 1860. The zero-order chi connectivity index (χ0) is 30.8. The van der Waals surface area contributed by atoms with E-state index in [-0.39, 0.29) is 30.5 Å². The first-order valence-electron chi connectivity index (χ1n) is 14.5. The first-order chi connectivity index (χ1) is 21.1. The van der Waals surface area contributed by atoms with Crippen molar-refractivity contribution in [2.45, 2.75) is 31.9 Å². The summed E-state index contributed by atoms with van der Waals surface area (Å²) >= 11 is 0. The third-order valence-corrected chi connectivity index (χ3v) is 7.89. The van der Waals surface area contributed by atoms with E-state index in [0.29, 0.717) is 42.1 Å². The first-order valence-corrected chi connectivity index (χ1v) is 14.5. The second-order valence-corrected chi connectivity index (χ2v) is 11.4. The van der Waals surface area contributed by atoms with E-state index >= 15 is 0 Å². The fraction of sp³-hybridized carbons (Fsp3) is 0.194. The normalized spacial score (nSPS) is 16.7. The average molecular weight is 592 g/mol. The molecule has 0 aliphatic carbocycles. The van der Waals surface area contributed by atoms with Crippen molar-refractivity contribution in [3.05, 3.63) is 114 Å². The van der Waals surface area contributed by atoms with Crippen LogP contribution in [0.25, 0.3) is 39.3 Å². The molecule has 1 aliphatic heterocycles. The lowest BCUT2D eigenvalue weighted by Crippen LogP contribution is -2.31. The van der Waals surface area contributed by atoms with E-state index in [0.717, 1.165) is 33.2 Å². The van der Waals surface area contributed by atoms with E-state index in [4.69, 9.17) is 10.2 Å². The van der Waals surface area contributed by atoms with Gasteiger partial charge in [-0.05, 0) is 95.9 Å². The van der Waals surface area contributed by atoms with E-state index in [1.54, 1.807) is 53.6 Å². The number of nitrogens with zero attached hydrogens (tertiary/aromatic N) is 2. The molecular weight excluding hydrogens is 560 g/mol. The fourth-order valence-electron chi connectivity index (χ4n) is 5.46. The van der Waals surface area contributed by atoms with Gasteiger partial charge in [-0.3, -0.25) is 9.59 Å². The summed E-state index contributed by atoms with van der Waals surface area (Å²) in [7, 11) is 0. The number of ketones is 1. The minimum absolute atomic E-state index is 0.0542. The van der Waals surface area contributed by atoms with Crippen molar-refractivity contribution in [2.24, 2.45) is 0 Å². The van der Waals surface area contributed by atoms with E-state index in [9.17, 15) is 18.4 Å². The number of hydrogen-bond donors (Lipinski definition) is 1. The van der Waals surface area contributed by atoms with E-state index in [1.807, 2.05) is 30.3 Å². The number of aryl methyl sites for hydroxylation is 1. The molecule has 6 rings (SSSR count). The second-order valence-electron chi connectivity index (χ2n) is 11.4. The van der Waals surface area contributed by atoms with Gasteiger partial charge in [-0.1, -0.05) is 24.3 Å². The molecule has 5 aromatic rings. The number of carbonyl (C=O) groups is 2. The average Bonchev–Trinajstić information content (AvgIpc) is 3.61. The molecule has 0 bridgehead atoms. The summed E-state index contributed by atoms with van der Waals surface area (Å²) in [6, 6.07) is 22.8. The van der Waals surface area contributed by atoms with Crippen LogP contribution < -0.4 is 5.73 Å². The maximum atomic E-state index is 14.3. The maximum absolute atomic E-state index is 14.3. The van der Waals surface area contributed by atoms with Gasteiger partial charge in [0.2, 0.25) is 0 Å². The van der Waals surface area contributed by atoms with Crippen LogP contribution in [0.5, 0.6) is 0 Å². The lowest BCUT2D eigenvalue weighted by molar-refractivity contribution is -0.114. The molecule has 0 spiro atoms. The van der Waals surface area contributed by atoms with Crippen molar-refractivity contribution in [1.29, 1.82) is 0 Å². The molecule has 222 valence electrons. The van der Waals surface area contributed by atoms with Crippen molar-refractivity contribution in [3.63, 3.8) is 0 Å². The Morgan fingerprint density at radius 3 is 2.43 bits per heavy atom. The predicted molar refractivity (Wildman–Crippen MR) is 168 cm³/mol. The number of rotatable bonds is 8. The van der Waals surface area contributed by atoms with E-state index < -0.39 is 5.67 Å². The van der Waals surface area contributed by atoms with Crippen molar-refractivity contribution in [3.8, 4) is 22.3 Å². The molecule has 1 unspecified atom stereocenters. The molecule has 1 atom stereocenters. The molecule has 1 amide bonds. The van der Waals surface area contributed by atoms with Crippen LogP contribution in [-0.2, 0) is 11.2 Å². The van der Waals surface area contributed by atoms with Gasteiger partial charge in [0.25, 0.3) is 5.91 Å². The number of likely N-dealkylation sites (tertiary alicyclic amines) is 1. The van der Waals surface area contributed by atoms with Crippen molar-refractivity contribution < 1.29 is 22.8 Å². The van der Waals surface area contributed by atoms with Crippen LogP contribution in [0.2, 0.25) is 0 Å². The SMILES string of the molecule is CC1(F)CCN(C(=O)c2ccc(-c3cc(-c4ccc(F)cc4)c4oc(CCC(=O)/C=C/c5ccc(N)nc5)cc4c3)cc2)C1. The molecule has 6 nitrogen and oxygen atoms in total. The van der Waals surface area contributed by atoms with Crippen molar-refractivity contribution in [1.82, 2.24) is 9.88 Å². The van der Waals surface area contributed by atoms with Gasteiger partial charge in [0.15, 0.2) is 5.78 Å². The zero-order valence-corrected chi connectivity index (χ0v) is 24.2. The predicted octanol–water partition coefficient (Wildman–Crippen LogP) is 7.67. The summed E-state index contributed by atoms with van der Waals surface area (Å²) in [5.41, 5.74) is 9.51. The maximum Gasteiger partial charge on any atom is 0.253 e. The number of halogens is 2. The smallest absolute Gasteiger partial charge is 0.253 e. The molecule has 1 aliphatic rings. The zero-order valence-electron chi connectivity index (χ0n) is 24.2. The second kappa shape index (κ2) is 11.9. The summed E-state index contributed by atoms with van der Waals surface area (Å²) in [6.07, 6.45) is 5.82. The molecule has 44 heavy (non-hydrogen) atoms. The van der Waals surface area contributed by atoms with E-state index in [1.165, 1.54) is 25.1 Å². The molecule has 3 heterocycles. The molecule has 0 radical (unpaired) electrons. The van der Waals surface area contributed by atoms with Crippen LogP contribution in [0.3, 0.4) is 0 Å². The third-order valence-electron chi connectivity index (χ3n) is 7.89.